The number of aliphatic carboxylic acids is 1. The smallest absolute Gasteiger partial charge is 0.303 e. The summed E-state index contributed by atoms with van der Waals surface area (Å²) in [5.41, 5.74) is 5.42. The first kappa shape index (κ1) is 29.5. The lowest BCUT2D eigenvalue weighted by Crippen LogP contribution is -2.40. The Bertz CT molecular complexity index is 1890. The van der Waals surface area contributed by atoms with Gasteiger partial charge in [-0.25, -0.2) is 4.90 Å². The molecule has 5 aromatic rings. The molecule has 1 aliphatic heterocycles. The third-order valence-corrected chi connectivity index (χ3v) is 8.17. The number of para-hydroxylation sites is 1. The molecule has 0 radical (unpaired) electrons. The molecule has 6 rings (SSSR count). The Hall–Kier alpha value is -5.56. The van der Waals surface area contributed by atoms with Crippen molar-refractivity contribution in [3.8, 4) is 0 Å². The molecule has 1 heterocycles. The summed E-state index contributed by atoms with van der Waals surface area (Å²) in [5.74, 6) is -1.99. The van der Waals surface area contributed by atoms with Crippen LogP contribution in [0, 0.1) is 0 Å². The van der Waals surface area contributed by atoms with E-state index in [0.717, 1.165) is 41.7 Å². The van der Waals surface area contributed by atoms with Gasteiger partial charge < -0.3 is 10.0 Å². The number of benzene rings is 5. The third-order valence-electron chi connectivity index (χ3n) is 8.17. The number of hydrogen-bond donors (Lipinski definition) is 1. The van der Waals surface area contributed by atoms with Gasteiger partial charge in [-0.05, 0) is 85.1 Å². The van der Waals surface area contributed by atoms with E-state index in [0.29, 0.717) is 27.8 Å². The van der Waals surface area contributed by atoms with Crippen LogP contribution in [-0.2, 0) is 11.2 Å². The summed E-state index contributed by atoms with van der Waals surface area (Å²) in [6.07, 6.45) is 2.82. The summed E-state index contributed by atoms with van der Waals surface area (Å²) in [6, 6.07) is 33.5. The number of anilines is 4. The van der Waals surface area contributed by atoms with Crippen molar-refractivity contribution in [2.24, 2.45) is 0 Å². The fourth-order valence-electron chi connectivity index (χ4n) is 5.87. The summed E-state index contributed by atoms with van der Waals surface area (Å²) in [5, 5.41) is 10.3. The van der Waals surface area contributed by atoms with Crippen LogP contribution in [0.1, 0.15) is 69.2 Å². The monoisotopic (exact) mass is 596 g/mol. The van der Waals surface area contributed by atoms with Crippen LogP contribution in [0.3, 0.4) is 0 Å². The molecule has 7 nitrogen and oxygen atoms in total. The van der Waals surface area contributed by atoms with Gasteiger partial charge in [-0.3, -0.25) is 19.2 Å². The van der Waals surface area contributed by atoms with Crippen LogP contribution in [0.2, 0.25) is 0 Å². The molecule has 0 unspecified atom stereocenters. The van der Waals surface area contributed by atoms with Gasteiger partial charge in [-0.1, -0.05) is 55.8 Å². The number of nitrogens with zero attached hydrogens (tertiary/aromatic N) is 2. The minimum Gasteiger partial charge on any atom is -0.481 e. The highest BCUT2D eigenvalue weighted by atomic mass is 16.4. The molecule has 7 heteroatoms. The number of carboxylic acid groups (broad SMARTS) is 1. The minimum absolute atomic E-state index is 0.0754. The number of carboxylic acids is 1. The highest BCUT2D eigenvalue weighted by Gasteiger charge is 2.35. The topological polar surface area (TPSA) is 95.0 Å². The number of carbonyl (C=O) groups is 4. The van der Waals surface area contributed by atoms with Crippen LogP contribution in [0.4, 0.5) is 22.7 Å². The van der Waals surface area contributed by atoms with Gasteiger partial charge in [-0.15, -0.1) is 0 Å². The molecule has 224 valence electrons. The largest absolute Gasteiger partial charge is 0.481 e. The summed E-state index contributed by atoms with van der Waals surface area (Å²) in [4.78, 5) is 54.6. The number of ketones is 1. The van der Waals surface area contributed by atoms with Gasteiger partial charge in [0, 0.05) is 45.3 Å². The zero-order valence-electron chi connectivity index (χ0n) is 24.9. The molecule has 0 atom stereocenters. The van der Waals surface area contributed by atoms with Crippen LogP contribution in [-0.4, -0.2) is 28.7 Å². The summed E-state index contributed by atoms with van der Waals surface area (Å²) >= 11 is 0. The van der Waals surface area contributed by atoms with Crippen LogP contribution < -0.4 is 9.80 Å². The second kappa shape index (κ2) is 12.6. The van der Waals surface area contributed by atoms with E-state index >= 15 is 0 Å². The Morgan fingerprint density at radius 1 is 0.711 bits per heavy atom. The van der Waals surface area contributed by atoms with Crippen molar-refractivity contribution in [1.29, 1.82) is 0 Å². The number of unbranched alkanes of at least 4 members (excludes halogenated alkanes) is 1. The molecular weight excluding hydrogens is 564 g/mol. The highest BCUT2D eigenvalue weighted by molar-refractivity contribution is 6.36. The van der Waals surface area contributed by atoms with Crippen LogP contribution >= 0.6 is 0 Å². The molecule has 0 fully saturated rings. The Balaban J connectivity index is 1.42. The lowest BCUT2D eigenvalue weighted by molar-refractivity contribution is -0.136. The maximum atomic E-state index is 13.9. The van der Waals surface area contributed by atoms with Gasteiger partial charge in [0.25, 0.3) is 11.8 Å². The highest BCUT2D eigenvalue weighted by Crippen LogP contribution is 2.42. The first-order chi connectivity index (χ1) is 21.9. The minimum atomic E-state index is -1.02. The van der Waals surface area contributed by atoms with Gasteiger partial charge in [-0.2, -0.15) is 0 Å². The van der Waals surface area contributed by atoms with Crippen molar-refractivity contribution in [2.45, 2.75) is 39.0 Å². The summed E-state index contributed by atoms with van der Waals surface area (Å²) < 4.78 is 0. The third kappa shape index (κ3) is 5.72. The Labute approximate surface area is 261 Å². The van der Waals surface area contributed by atoms with Crippen molar-refractivity contribution in [3.05, 3.63) is 131 Å². The van der Waals surface area contributed by atoms with Crippen LogP contribution in [0.5, 0.6) is 0 Å². The number of imide groups is 1. The van der Waals surface area contributed by atoms with Gasteiger partial charge in [0.2, 0.25) is 0 Å². The summed E-state index contributed by atoms with van der Waals surface area (Å²) in [6.45, 7) is 2.15. The molecule has 0 aliphatic carbocycles. The van der Waals surface area contributed by atoms with Crippen molar-refractivity contribution in [2.75, 3.05) is 9.80 Å². The van der Waals surface area contributed by atoms with Crippen LogP contribution in [0.25, 0.3) is 10.8 Å². The number of Topliss-reactive ketones (excluding diaryl/α,β-unsaturated/α-hetero) is 1. The molecule has 1 aliphatic rings. The van der Waals surface area contributed by atoms with E-state index in [-0.39, 0.29) is 30.4 Å². The molecule has 0 saturated heterocycles. The van der Waals surface area contributed by atoms with E-state index in [9.17, 15) is 19.2 Å². The van der Waals surface area contributed by atoms with E-state index in [4.69, 9.17) is 5.11 Å². The predicted molar refractivity (Wildman–Crippen MR) is 176 cm³/mol. The number of carbonyl (C=O) groups excluding carboxylic acids is 3. The number of rotatable bonds is 11. The molecule has 5 aromatic carbocycles. The number of aryl methyl sites for hydroxylation is 1. The second-order valence-electron chi connectivity index (χ2n) is 11.1. The average molecular weight is 597 g/mol. The zero-order valence-corrected chi connectivity index (χ0v) is 24.9. The molecule has 2 amide bonds. The first-order valence-electron chi connectivity index (χ1n) is 15.1. The Kier molecular flexibility index (Phi) is 8.25. The maximum Gasteiger partial charge on any atom is 0.303 e. The van der Waals surface area contributed by atoms with E-state index in [1.807, 2.05) is 89.8 Å². The second-order valence-corrected chi connectivity index (χ2v) is 11.1. The molecule has 45 heavy (non-hydrogen) atoms. The standard InChI is InChI=1S/C38H32N2O5/c1-2-3-8-25-13-17-29(18-14-25)40-37(44)31-12-7-11-30-33(22-21-32(36(30)31)38(40)45)39(27-9-5-4-6-10-27)28-19-15-26(16-20-28)34(41)23-24-35(42)43/h4-7,9-22H,2-3,8,23-24H2,1H3,(H,42,43). The Morgan fingerprint density at radius 2 is 1.38 bits per heavy atom. The van der Waals surface area contributed by atoms with Gasteiger partial charge in [0.05, 0.1) is 17.8 Å². The molecule has 0 saturated carbocycles. The van der Waals surface area contributed by atoms with E-state index in [1.54, 1.807) is 24.3 Å². The zero-order chi connectivity index (χ0) is 31.5. The quantitative estimate of drug-likeness (QED) is 0.121. The lowest BCUT2D eigenvalue weighted by atomic mass is 9.92. The maximum absolute atomic E-state index is 13.9. The van der Waals surface area contributed by atoms with Gasteiger partial charge >= 0.3 is 5.97 Å². The first-order valence-corrected chi connectivity index (χ1v) is 15.1. The van der Waals surface area contributed by atoms with Gasteiger partial charge in [0.1, 0.15) is 0 Å². The van der Waals surface area contributed by atoms with E-state index in [2.05, 4.69) is 6.92 Å². The van der Waals surface area contributed by atoms with E-state index < -0.39 is 5.97 Å². The Morgan fingerprint density at radius 3 is 2.04 bits per heavy atom. The normalized spacial score (nSPS) is 12.4. The predicted octanol–water partition coefficient (Wildman–Crippen LogP) is 8.50. The van der Waals surface area contributed by atoms with Crippen molar-refractivity contribution < 1.29 is 24.3 Å². The molecule has 0 spiro atoms. The van der Waals surface area contributed by atoms with Crippen molar-refractivity contribution in [1.82, 2.24) is 0 Å². The molecular formula is C38H32N2O5. The SMILES string of the molecule is CCCCc1ccc(N2C(=O)c3cccc4c(N(c5ccccc5)c5ccc(C(=O)CCC(=O)O)cc5)ccc(c34)C2=O)cc1. The lowest BCUT2D eigenvalue weighted by Gasteiger charge is -2.31. The molecule has 1 N–H and O–H groups in total. The average Bonchev–Trinajstić information content (AvgIpc) is 3.07. The number of hydrogen-bond acceptors (Lipinski definition) is 5. The van der Waals surface area contributed by atoms with Gasteiger partial charge in [0.15, 0.2) is 5.78 Å². The fraction of sp³-hybridized carbons (Fsp3) is 0.158. The molecule has 0 aromatic heterocycles. The van der Waals surface area contributed by atoms with Crippen molar-refractivity contribution in [3.63, 3.8) is 0 Å². The fourth-order valence-corrected chi connectivity index (χ4v) is 5.87. The van der Waals surface area contributed by atoms with Crippen molar-refractivity contribution >= 4 is 57.1 Å². The van der Waals surface area contributed by atoms with E-state index in [1.165, 1.54) is 10.5 Å². The molecule has 0 bridgehead atoms. The summed E-state index contributed by atoms with van der Waals surface area (Å²) in [7, 11) is 0. The van der Waals surface area contributed by atoms with Crippen LogP contribution in [0.15, 0.2) is 109 Å². The number of amides is 2.